The summed E-state index contributed by atoms with van der Waals surface area (Å²) in [4.78, 5) is 25.1. The molecule has 0 aliphatic carbocycles. The fraction of sp³-hybridized carbons (Fsp3) is 0.500. The van der Waals surface area contributed by atoms with Gasteiger partial charge in [-0.15, -0.1) is 0 Å². The second kappa shape index (κ2) is 7.67. The Balaban J connectivity index is 2.59. The maximum Gasteiger partial charge on any atom is 0.310 e. The lowest BCUT2D eigenvalue weighted by atomic mass is 10.1. The van der Waals surface area contributed by atoms with Crippen LogP contribution in [-0.2, 0) is 14.3 Å². The van der Waals surface area contributed by atoms with Crippen LogP contribution in [0, 0.1) is 12.8 Å². The average molecular weight is 293 g/mol. The van der Waals surface area contributed by atoms with Gasteiger partial charge in [0.25, 0.3) is 5.91 Å². The molecule has 0 radical (unpaired) electrons. The molecular weight excluding hydrogens is 270 g/mol. The molecular formula is C16H23NO4. The summed E-state index contributed by atoms with van der Waals surface area (Å²) < 4.78 is 10.3. The first-order valence-corrected chi connectivity index (χ1v) is 6.91. The van der Waals surface area contributed by atoms with Crippen LogP contribution in [0.2, 0.25) is 0 Å². The number of hydrogen-bond donors (Lipinski definition) is 0. The van der Waals surface area contributed by atoms with Gasteiger partial charge in [-0.2, -0.15) is 0 Å². The summed E-state index contributed by atoms with van der Waals surface area (Å²) in [7, 11) is 2.99. The number of carbonyl (C=O) groups excluding carboxylic acids is 2. The van der Waals surface area contributed by atoms with Crippen LogP contribution in [0.4, 0.5) is 0 Å². The molecule has 116 valence electrons. The maximum atomic E-state index is 12.2. The van der Waals surface area contributed by atoms with Crippen molar-refractivity contribution in [3.8, 4) is 5.75 Å². The van der Waals surface area contributed by atoms with Crippen molar-refractivity contribution in [2.24, 2.45) is 5.92 Å². The van der Waals surface area contributed by atoms with Crippen molar-refractivity contribution in [2.75, 3.05) is 20.7 Å². The topological polar surface area (TPSA) is 55.8 Å². The van der Waals surface area contributed by atoms with Gasteiger partial charge < -0.3 is 14.4 Å². The smallest absolute Gasteiger partial charge is 0.310 e. The first-order chi connectivity index (χ1) is 9.85. The number of carbonyl (C=O) groups is 2. The van der Waals surface area contributed by atoms with Crippen molar-refractivity contribution in [3.05, 3.63) is 29.8 Å². The molecule has 2 atom stereocenters. The van der Waals surface area contributed by atoms with E-state index < -0.39 is 6.10 Å². The zero-order chi connectivity index (χ0) is 16.0. The highest BCUT2D eigenvalue weighted by Gasteiger charge is 2.23. The van der Waals surface area contributed by atoms with Crippen molar-refractivity contribution < 1.29 is 19.1 Å². The van der Waals surface area contributed by atoms with Crippen molar-refractivity contribution in [1.82, 2.24) is 4.90 Å². The van der Waals surface area contributed by atoms with E-state index >= 15 is 0 Å². The second-order valence-electron chi connectivity index (χ2n) is 5.22. The molecule has 1 amide bonds. The quantitative estimate of drug-likeness (QED) is 0.753. The molecule has 21 heavy (non-hydrogen) atoms. The highest BCUT2D eigenvalue weighted by atomic mass is 16.5. The van der Waals surface area contributed by atoms with Crippen molar-refractivity contribution >= 4 is 11.9 Å². The minimum atomic E-state index is -0.610. The SMILES string of the molecule is COC(=O)C(C)CN(C)C(=O)C(C)Oc1cccc(C)c1. The summed E-state index contributed by atoms with van der Waals surface area (Å²) >= 11 is 0. The lowest BCUT2D eigenvalue weighted by Gasteiger charge is -2.24. The zero-order valence-electron chi connectivity index (χ0n) is 13.3. The lowest BCUT2D eigenvalue weighted by molar-refractivity contribution is -0.147. The molecule has 0 bridgehead atoms. The van der Waals surface area contributed by atoms with Gasteiger partial charge in [0.1, 0.15) is 5.75 Å². The normalized spacial score (nSPS) is 13.2. The van der Waals surface area contributed by atoms with E-state index in [0.29, 0.717) is 12.3 Å². The fourth-order valence-corrected chi connectivity index (χ4v) is 2.03. The Kier molecular flexibility index (Phi) is 6.21. The summed E-state index contributed by atoms with van der Waals surface area (Å²) in [5.74, 6) is -0.213. The van der Waals surface area contributed by atoms with Crippen molar-refractivity contribution in [2.45, 2.75) is 26.9 Å². The number of benzene rings is 1. The summed E-state index contributed by atoms with van der Waals surface area (Å²) in [6.07, 6.45) is -0.610. The van der Waals surface area contributed by atoms with Gasteiger partial charge in [-0.05, 0) is 31.5 Å². The van der Waals surface area contributed by atoms with Crippen molar-refractivity contribution in [1.29, 1.82) is 0 Å². The molecule has 0 heterocycles. The molecule has 5 heteroatoms. The molecule has 5 nitrogen and oxygen atoms in total. The molecule has 0 aliphatic heterocycles. The largest absolute Gasteiger partial charge is 0.481 e. The Labute approximate surface area is 125 Å². The number of hydrogen-bond acceptors (Lipinski definition) is 4. The van der Waals surface area contributed by atoms with Crippen LogP contribution < -0.4 is 4.74 Å². The van der Waals surface area contributed by atoms with E-state index in [0.717, 1.165) is 5.56 Å². The van der Waals surface area contributed by atoms with Gasteiger partial charge in [0.05, 0.1) is 13.0 Å². The molecule has 0 N–H and O–H groups in total. The van der Waals surface area contributed by atoms with Crippen LogP contribution in [0.25, 0.3) is 0 Å². The van der Waals surface area contributed by atoms with E-state index in [1.165, 1.54) is 12.0 Å². The molecule has 1 aromatic rings. The van der Waals surface area contributed by atoms with Crippen LogP contribution >= 0.6 is 0 Å². The second-order valence-corrected chi connectivity index (χ2v) is 5.22. The third kappa shape index (κ3) is 5.10. The van der Waals surface area contributed by atoms with Crippen LogP contribution in [-0.4, -0.2) is 43.6 Å². The average Bonchev–Trinajstić information content (AvgIpc) is 2.45. The van der Waals surface area contributed by atoms with Crippen LogP contribution in [0.1, 0.15) is 19.4 Å². The maximum absolute atomic E-state index is 12.2. The molecule has 0 fully saturated rings. The number of methoxy groups -OCH3 is 1. The Morgan fingerprint density at radius 3 is 2.52 bits per heavy atom. The van der Waals surface area contributed by atoms with Gasteiger partial charge >= 0.3 is 5.97 Å². The third-order valence-electron chi connectivity index (χ3n) is 3.18. The fourth-order valence-electron chi connectivity index (χ4n) is 2.03. The lowest BCUT2D eigenvalue weighted by Crippen LogP contribution is -2.41. The Morgan fingerprint density at radius 1 is 1.29 bits per heavy atom. The molecule has 0 saturated carbocycles. The van der Waals surface area contributed by atoms with Gasteiger partial charge in [-0.1, -0.05) is 19.1 Å². The minimum Gasteiger partial charge on any atom is -0.481 e. The predicted octanol–water partition coefficient (Wildman–Crippen LogP) is 2.03. The van der Waals surface area contributed by atoms with E-state index in [9.17, 15) is 9.59 Å². The molecule has 0 aliphatic rings. The number of likely N-dealkylation sites (N-methyl/N-ethyl adjacent to an activating group) is 1. The number of ether oxygens (including phenoxy) is 2. The molecule has 1 rings (SSSR count). The minimum absolute atomic E-state index is 0.174. The van der Waals surface area contributed by atoms with E-state index in [2.05, 4.69) is 4.74 Å². The Morgan fingerprint density at radius 2 is 1.95 bits per heavy atom. The van der Waals surface area contributed by atoms with Gasteiger partial charge in [0.15, 0.2) is 6.10 Å². The molecule has 2 unspecified atom stereocenters. The summed E-state index contributed by atoms with van der Waals surface area (Å²) in [5, 5.41) is 0. The highest BCUT2D eigenvalue weighted by Crippen LogP contribution is 2.15. The standard InChI is InChI=1S/C16H23NO4/c1-11-7-6-8-14(9-11)21-13(3)15(18)17(4)10-12(2)16(19)20-5/h6-9,12-13H,10H2,1-5H3. The first-order valence-electron chi connectivity index (χ1n) is 6.91. The third-order valence-corrected chi connectivity index (χ3v) is 3.18. The van der Waals surface area contributed by atoms with Crippen LogP contribution in [0.15, 0.2) is 24.3 Å². The van der Waals surface area contributed by atoms with Crippen LogP contribution in [0.5, 0.6) is 5.75 Å². The Bertz CT molecular complexity index is 501. The van der Waals surface area contributed by atoms with Gasteiger partial charge in [-0.25, -0.2) is 0 Å². The number of aryl methyl sites for hydroxylation is 1. The van der Waals surface area contributed by atoms with E-state index in [1.807, 2.05) is 31.2 Å². The highest BCUT2D eigenvalue weighted by molar-refractivity contribution is 5.81. The van der Waals surface area contributed by atoms with E-state index in [1.54, 1.807) is 20.9 Å². The predicted molar refractivity (Wildman–Crippen MR) is 80.1 cm³/mol. The summed E-state index contributed by atoms with van der Waals surface area (Å²) in [6.45, 7) is 5.68. The van der Waals surface area contributed by atoms with Crippen molar-refractivity contribution in [3.63, 3.8) is 0 Å². The van der Waals surface area contributed by atoms with Crippen LogP contribution in [0.3, 0.4) is 0 Å². The number of rotatable bonds is 6. The monoisotopic (exact) mass is 293 g/mol. The first kappa shape index (κ1) is 17.0. The molecule has 1 aromatic carbocycles. The number of nitrogens with zero attached hydrogens (tertiary/aromatic N) is 1. The Hall–Kier alpha value is -2.04. The van der Waals surface area contributed by atoms with Gasteiger partial charge in [0, 0.05) is 13.6 Å². The van der Waals surface area contributed by atoms with E-state index in [4.69, 9.17) is 4.74 Å². The van der Waals surface area contributed by atoms with Gasteiger partial charge in [-0.3, -0.25) is 9.59 Å². The molecule has 0 aromatic heterocycles. The number of amides is 1. The summed E-state index contributed by atoms with van der Waals surface area (Å²) in [5.41, 5.74) is 1.07. The van der Waals surface area contributed by atoms with Gasteiger partial charge in [0.2, 0.25) is 0 Å². The molecule has 0 spiro atoms. The molecule has 0 saturated heterocycles. The number of esters is 1. The van der Waals surface area contributed by atoms with E-state index in [-0.39, 0.29) is 17.8 Å². The zero-order valence-corrected chi connectivity index (χ0v) is 13.3. The summed E-state index contributed by atoms with van der Waals surface area (Å²) in [6, 6.07) is 7.53.